The van der Waals surface area contributed by atoms with Crippen molar-refractivity contribution in [2.75, 3.05) is 14.2 Å². The Bertz CT molecular complexity index is 1180. The van der Waals surface area contributed by atoms with Gasteiger partial charge < -0.3 is 14.2 Å². The van der Waals surface area contributed by atoms with Crippen molar-refractivity contribution < 1.29 is 23.8 Å². The van der Waals surface area contributed by atoms with E-state index in [1.54, 1.807) is 72.8 Å². The Morgan fingerprint density at radius 2 is 1.58 bits per heavy atom. The Kier molecular flexibility index (Phi) is 6.82. The smallest absolute Gasteiger partial charge is 0.343 e. The maximum Gasteiger partial charge on any atom is 0.343 e. The molecule has 0 radical (unpaired) electrons. The summed E-state index contributed by atoms with van der Waals surface area (Å²) in [7, 11) is 2.95. The highest BCUT2D eigenvalue weighted by Crippen LogP contribution is 2.30. The summed E-state index contributed by atoms with van der Waals surface area (Å²) in [5.41, 5.74) is 1.28. The molecule has 0 aromatic heterocycles. The average Bonchev–Trinajstić information content (AvgIpc) is 2.83. The molecule has 6 heteroatoms. The second-order valence-corrected chi connectivity index (χ2v) is 6.40. The van der Waals surface area contributed by atoms with Crippen molar-refractivity contribution in [2.45, 2.75) is 0 Å². The number of Topliss-reactive ketones (excluding diaryl/α,β-unsaturated/α-hetero) is 1. The quantitative estimate of drug-likeness (QED) is 0.183. The third kappa shape index (κ3) is 5.17. The molecule has 0 atom stereocenters. The molecule has 0 aliphatic rings. The lowest BCUT2D eigenvalue weighted by Gasteiger charge is -2.11. The molecule has 0 aliphatic carbocycles. The fraction of sp³-hybridized carbons (Fsp3) is 0.0800. The highest BCUT2D eigenvalue weighted by molar-refractivity contribution is 6.14. The first-order chi connectivity index (χ1) is 15.0. The molecule has 0 saturated carbocycles. The number of hydrogen-bond acceptors (Lipinski definition) is 6. The lowest BCUT2D eigenvalue weighted by molar-refractivity contribution is 0.0729. The van der Waals surface area contributed by atoms with Crippen LogP contribution in [0.2, 0.25) is 0 Å². The minimum absolute atomic E-state index is 0.0191. The summed E-state index contributed by atoms with van der Waals surface area (Å²) in [6.45, 7) is 0. The van der Waals surface area contributed by atoms with E-state index in [4.69, 9.17) is 14.2 Å². The van der Waals surface area contributed by atoms with Crippen molar-refractivity contribution in [3.63, 3.8) is 0 Å². The number of rotatable bonds is 7. The largest absolute Gasteiger partial charge is 0.497 e. The van der Waals surface area contributed by atoms with Gasteiger partial charge in [0.25, 0.3) is 0 Å². The van der Waals surface area contributed by atoms with Crippen molar-refractivity contribution >= 4 is 17.8 Å². The Morgan fingerprint density at radius 3 is 2.26 bits per heavy atom. The van der Waals surface area contributed by atoms with E-state index in [0.29, 0.717) is 22.4 Å². The van der Waals surface area contributed by atoms with Crippen LogP contribution in [0.3, 0.4) is 0 Å². The van der Waals surface area contributed by atoms with Crippen LogP contribution >= 0.6 is 0 Å². The number of esters is 1. The molecule has 31 heavy (non-hydrogen) atoms. The molecular weight excluding hydrogens is 394 g/mol. The van der Waals surface area contributed by atoms with Gasteiger partial charge in [0.15, 0.2) is 11.5 Å². The van der Waals surface area contributed by atoms with Gasteiger partial charge in [-0.3, -0.25) is 4.79 Å². The number of ether oxygens (including phenoxy) is 3. The molecule has 3 rings (SSSR count). The number of methoxy groups -OCH3 is 2. The van der Waals surface area contributed by atoms with Gasteiger partial charge in [-0.15, -0.1) is 0 Å². The summed E-state index contributed by atoms with van der Waals surface area (Å²) in [4.78, 5) is 25.0. The monoisotopic (exact) mass is 413 g/mol. The van der Waals surface area contributed by atoms with Crippen molar-refractivity contribution in [3.05, 3.63) is 95.1 Å². The maximum absolute atomic E-state index is 12.6. The molecule has 0 spiro atoms. The van der Waals surface area contributed by atoms with Crippen molar-refractivity contribution in [1.82, 2.24) is 0 Å². The van der Waals surface area contributed by atoms with Gasteiger partial charge in [-0.25, -0.2) is 4.79 Å². The van der Waals surface area contributed by atoms with E-state index >= 15 is 0 Å². The SMILES string of the molecule is COc1cccc(C(=O)Oc2ccc(/C=C(\C#N)C(=O)c3ccccc3)cc2OC)c1. The van der Waals surface area contributed by atoms with Gasteiger partial charge in [-0.05, 0) is 42.0 Å². The molecular formula is C25H19NO5. The minimum atomic E-state index is -0.572. The number of benzene rings is 3. The van der Waals surface area contributed by atoms with Gasteiger partial charge >= 0.3 is 5.97 Å². The van der Waals surface area contributed by atoms with E-state index in [2.05, 4.69) is 0 Å². The van der Waals surface area contributed by atoms with Crippen LogP contribution < -0.4 is 14.2 Å². The number of nitriles is 1. The van der Waals surface area contributed by atoms with E-state index < -0.39 is 5.97 Å². The van der Waals surface area contributed by atoms with E-state index in [1.165, 1.54) is 20.3 Å². The lowest BCUT2D eigenvalue weighted by Crippen LogP contribution is -2.09. The first kappa shape index (κ1) is 21.3. The first-order valence-corrected chi connectivity index (χ1v) is 9.31. The highest BCUT2D eigenvalue weighted by atomic mass is 16.6. The summed E-state index contributed by atoms with van der Waals surface area (Å²) >= 11 is 0. The van der Waals surface area contributed by atoms with Crippen LogP contribution in [0.5, 0.6) is 17.2 Å². The molecule has 3 aromatic rings. The maximum atomic E-state index is 12.6. The number of allylic oxidation sites excluding steroid dienone is 1. The van der Waals surface area contributed by atoms with Crippen molar-refractivity contribution in [2.24, 2.45) is 0 Å². The predicted molar refractivity (Wildman–Crippen MR) is 115 cm³/mol. The number of carbonyl (C=O) groups is 2. The van der Waals surface area contributed by atoms with Gasteiger partial charge in [0.1, 0.15) is 17.4 Å². The van der Waals surface area contributed by atoms with Crippen LogP contribution in [-0.4, -0.2) is 26.0 Å². The standard InChI is InChI=1S/C25H19NO5/c1-29-21-10-6-9-19(15-21)25(28)31-22-12-11-17(14-23(22)30-2)13-20(16-26)24(27)18-7-4-3-5-8-18/h3-15H,1-2H3/b20-13+. The third-order valence-electron chi connectivity index (χ3n) is 4.41. The van der Waals surface area contributed by atoms with E-state index in [-0.39, 0.29) is 22.9 Å². The first-order valence-electron chi connectivity index (χ1n) is 9.31. The zero-order valence-electron chi connectivity index (χ0n) is 17.0. The Balaban J connectivity index is 1.85. The van der Waals surface area contributed by atoms with Crippen molar-refractivity contribution in [3.8, 4) is 23.3 Å². The Morgan fingerprint density at radius 1 is 0.839 bits per heavy atom. The summed E-state index contributed by atoms with van der Waals surface area (Å²) in [6.07, 6.45) is 1.46. The Hall–Kier alpha value is -4.37. The Labute approximate surface area is 179 Å². The molecule has 0 amide bonds. The van der Waals surface area contributed by atoms with Crippen LogP contribution in [0.15, 0.2) is 78.4 Å². The molecule has 0 bridgehead atoms. The van der Waals surface area contributed by atoms with Crippen LogP contribution in [0, 0.1) is 11.3 Å². The molecule has 0 unspecified atom stereocenters. The van der Waals surface area contributed by atoms with Crippen LogP contribution in [0.4, 0.5) is 0 Å². The molecule has 0 N–H and O–H groups in total. The van der Waals surface area contributed by atoms with Crippen LogP contribution in [0.25, 0.3) is 6.08 Å². The molecule has 0 saturated heterocycles. The lowest BCUT2D eigenvalue weighted by atomic mass is 10.0. The molecule has 154 valence electrons. The molecule has 0 fully saturated rings. The third-order valence-corrected chi connectivity index (χ3v) is 4.41. The predicted octanol–water partition coefficient (Wildman–Crippen LogP) is 4.71. The minimum Gasteiger partial charge on any atom is -0.497 e. The van der Waals surface area contributed by atoms with Gasteiger partial charge in [0, 0.05) is 5.56 Å². The van der Waals surface area contributed by atoms with E-state index in [9.17, 15) is 14.9 Å². The van der Waals surface area contributed by atoms with E-state index in [0.717, 1.165) is 0 Å². The topological polar surface area (TPSA) is 85.6 Å². The van der Waals surface area contributed by atoms with Gasteiger partial charge in [0.2, 0.25) is 5.78 Å². The van der Waals surface area contributed by atoms with Gasteiger partial charge in [0.05, 0.1) is 19.8 Å². The fourth-order valence-corrected chi connectivity index (χ4v) is 2.83. The second-order valence-electron chi connectivity index (χ2n) is 6.40. The summed E-state index contributed by atoms with van der Waals surface area (Å²) < 4.78 is 15.9. The molecule has 6 nitrogen and oxygen atoms in total. The molecule has 0 heterocycles. The summed E-state index contributed by atoms with van der Waals surface area (Å²) in [5, 5.41) is 9.44. The van der Waals surface area contributed by atoms with E-state index in [1.807, 2.05) is 6.07 Å². The zero-order valence-corrected chi connectivity index (χ0v) is 17.0. The summed E-state index contributed by atoms with van der Waals surface area (Å²) in [6, 6.07) is 21.9. The highest BCUT2D eigenvalue weighted by Gasteiger charge is 2.15. The number of carbonyl (C=O) groups excluding carboxylic acids is 2. The van der Waals surface area contributed by atoms with Crippen LogP contribution in [-0.2, 0) is 0 Å². The number of nitrogens with zero attached hydrogens (tertiary/aromatic N) is 1. The van der Waals surface area contributed by atoms with Crippen molar-refractivity contribution in [1.29, 1.82) is 5.26 Å². The second kappa shape index (κ2) is 9.90. The summed E-state index contributed by atoms with van der Waals surface area (Å²) in [5.74, 6) is 0.0804. The molecule has 3 aromatic carbocycles. The van der Waals surface area contributed by atoms with Gasteiger partial charge in [-0.2, -0.15) is 5.26 Å². The van der Waals surface area contributed by atoms with Gasteiger partial charge in [-0.1, -0.05) is 42.5 Å². The average molecular weight is 413 g/mol. The molecule has 0 aliphatic heterocycles. The van der Waals surface area contributed by atoms with Crippen LogP contribution in [0.1, 0.15) is 26.3 Å². The number of ketones is 1. The zero-order chi connectivity index (χ0) is 22.2. The fourth-order valence-electron chi connectivity index (χ4n) is 2.83. The number of hydrogen-bond donors (Lipinski definition) is 0. The normalized spacial score (nSPS) is 10.7.